The van der Waals surface area contributed by atoms with Gasteiger partial charge in [-0.1, -0.05) is 0 Å². The van der Waals surface area contributed by atoms with Crippen LogP contribution in [0.1, 0.15) is 35.8 Å². The molecule has 6 nitrogen and oxygen atoms in total. The third-order valence-electron chi connectivity index (χ3n) is 3.57. The number of hydrogen-bond acceptors (Lipinski definition) is 4. The highest BCUT2D eigenvalue weighted by Crippen LogP contribution is 2.20. The van der Waals surface area contributed by atoms with E-state index in [-0.39, 0.29) is 17.8 Å². The maximum Gasteiger partial charge on any atom is 0.310 e. The topological polar surface area (TPSA) is 64.4 Å². The van der Waals surface area contributed by atoms with E-state index in [4.69, 9.17) is 4.74 Å². The molecule has 1 aliphatic rings. The smallest absolute Gasteiger partial charge is 0.310 e. The Bertz CT molecular complexity index is 510. The van der Waals surface area contributed by atoms with Gasteiger partial charge < -0.3 is 9.64 Å². The Morgan fingerprint density at radius 2 is 2.25 bits per heavy atom. The number of piperidine rings is 1. The molecular weight excluding hydrogens is 258 g/mol. The Labute approximate surface area is 118 Å². The maximum atomic E-state index is 12.5. The first-order valence-electron chi connectivity index (χ1n) is 6.99. The van der Waals surface area contributed by atoms with Gasteiger partial charge >= 0.3 is 5.97 Å². The molecule has 20 heavy (non-hydrogen) atoms. The van der Waals surface area contributed by atoms with Gasteiger partial charge in [0, 0.05) is 26.3 Å². The lowest BCUT2D eigenvalue weighted by molar-refractivity contribution is -0.149. The fourth-order valence-corrected chi connectivity index (χ4v) is 2.59. The normalized spacial score (nSPS) is 18.9. The van der Waals surface area contributed by atoms with Crippen molar-refractivity contribution in [2.45, 2.75) is 26.7 Å². The van der Waals surface area contributed by atoms with Gasteiger partial charge in [0.25, 0.3) is 5.91 Å². The van der Waals surface area contributed by atoms with Crippen molar-refractivity contribution in [2.75, 3.05) is 19.7 Å². The molecule has 1 aromatic heterocycles. The number of carbonyl (C=O) groups excluding carboxylic acids is 2. The van der Waals surface area contributed by atoms with Gasteiger partial charge in [-0.25, -0.2) is 0 Å². The van der Waals surface area contributed by atoms with Gasteiger partial charge in [0.05, 0.1) is 23.8 Å². The lowest BCUT2D eigenvalue weighted by atomic mass is 9.97. The van der Waals surface area contributed by atoms with Gasteiger partial charge in [-0.2, -0.15) is 5.10 Å². The summed E-state index contributed by atoms with van der Waals surface area (Å²) in [5.74, 6) is -0.456. The highest BCUT2D eigenvalue weighted by Gasteiger charge is 2.30. The van der Waals surface area contributed by atoms with Crippen molar-refractivity contribution >= 4 is 11.9 Å². The summed E-state index contributed by atoms with van der Waals surface area (Å²) >= 11 is 0. The molecule has 1 unspecified atom stereocenters. The van der Waals surface area contributed by atoms with E-state index in [0.717, 1.165) is 18.5 Å². The monoisotopic (exact) mass is 279 g/mol. The zero-order valence-corrected chi connectivity index (χ0v) is 12.3. The van der Waals surface area contributed by atoms with E-state index in [9.17, 15) is 9.59 Å². The van der Waals surface area contributed by atoms with Crippen LogP contribution >= 0.6 is 0 Å². The van der Waals surface area contributed by atoms with Gasteiger partial charge in [0.15, 0.2) is 0 Å². The minimum atomic E-state index is -0.204. The number of carbonyl (C=O) groups is 2. The summed E-state index contributed by atoms with van der Waals surface area (Å²) in [6.45, 7) is 5.11. The minimum absolute atomic E-state index is 0.0513. The van der Waals surface area contributed by atoms with Crippen molar-refractivity contribution in [1.82, 2.24) is 14.7 Å². The summed E-state index contributed by atoms with van der Waals surface area (Å²) in [6, 6.07) is 0. The lowest BCUT2D eigenvalue weighted by Crippen LogP contribution is -2.42. The fourth-order valence-electron chi connectivity index (χ4n) is 2.59. The predicted octanol–water partition coefficient (Wildman–Crippen LogP) is 1.14. The number of likely N-dealkylation sites (tertiary alicyclic amines) is 1. The highest BCUT2D eigenvalue weighted by molar-refractivity contribution is 5.95. The van der Waals surface area contributed by atoms with E-state index < -0.39 is 0 Å². The first-order valence-corrected chi connectivity index (χ1v) is 6.99. The molecule has 1 fully saturated rings. The number of ether oxygens (including phenoxy) is 1. The molecular formula is C14H21N3O3. The third kappa shape index (κ3) is 3.00. The van der Waals surface area contributed by atoms with Crippen LogP contribution in [0.2, 0.25) is 0 Å². The summed E-state index contributed by atoms with van der Waals surface area (Å²) in [6.07, 6.45) is 3.34. The Hall–Kier alpha value is -1.85. The molecule has 0 saturated carbocycles. The molecule has 110 valence electrons. The molecule has 1 aliphatic heterocycles. The second-order valence-corrected chi connectivity index (χ2v) is 5.14. The van der Waals surface area contributed by atoms with Gasteiger partial charge in [-0.3, -0.25) is 14.3 Å². The third-order valence-corrected chi connectivity index (χ3v) is 3.57. The Kier molecular flexibility index (Phi) is 4.42. The van der Waals surface area contributed by atoms with Gasteiger partial charge in [-0.05, 0) is 26.7 Å². The molecule has 1 saturated heterocycles. The molecule has 1 amide bonds. The molecule has 0 N–H and O–H groups in total. The van der Waals surface area contributed by atoms with Crippen molar-refractivity contribution in [3.63, 3.8) is 0 Å². The predicted molar refractivity (Wildman–Crippen MR) is 73.2 cm³/mol. The van der Waals surface area contributed by atoms with Crippen molar-refractivity contribution in [3.8, 4) is 0 Å². The largest absolute Gasteiger partial charge is 0.466 e. The van der Waals surface area contributed by atoms with Crippen molar-refractivity contribution < 1.29 is 14.3 Å². The van der Waals surface area contributed by atoms with Gasteiger partial charge in [-0.15, -0.1) is 0 Å². The quantitative estimate of drug-likeness (QED) is 0.778. The van der Waals surface area contributed by atoms with Crippen LogP contribution in [-0.4, -0.2) is 46.3 Å². The molecule has 6 heteroatoms. The minimum Gasteiger partial charge on any atom is -0.466 e. The van der Waals surface area contributed by atoms with Crippen LogP contribution in [0, 0.1) is 12.8 Å². The Morgan fingerprint density at radius 1 is 1.50 bits per heavy atom. The summed E-state index contributed by atoms with van der Waals surface area (Å²) in [5.41, 5.74) is 1.33. The first-order chi connectivity index (χ1) is 9.52. The van der Waals surface area contributed by atoms with Crippen LogP contribution in [-0.2, 0) is 16.6 Å². The maximum absolute atomic E-state index is 12.5. The molecule has 0 spiro atoms. The number of aryl methyl sites for hydroxylation is 2. The van der Waals surface area contributed by atoms with Gasteiger partial charge in [0.1, 0.15) is 0 Å². The number of amides is 1. The van der Waals surface area contributed by atoms with E-state index in [2.05, 4.69) is 5.10 Å². The molecule has 0 radical (unpaired) electrons. The van der Waals surface area contributed by atoms with E-state index in [0.29, 0.717) is 25.3 Å². The highest BCUT2D eigenvalue weighted by atomic mass is 16.5. The zero-order valence-electron chi connectivity index (χ0n) is 12.3. The number of hydrogen-bond donors (Lipinski definition) is 0. The van der Waals surface area contributed by atoms with Crippen molar-refractivity contribution in [2.24, 2.45) is 13.0 Å². The van der Waals surface area contributed by atoms with E-state index >= 15 is 0 Å². The molecule has 1 aromatic rings. The Balaban J connectivity index is 2.07. The van der Waals surface area contributed by atoms with E-state index in [1.54, 1.807) is 29.7 Å². The van der Waals surface area contributed by atoms with Crippen LogP contribution in [0.3, 0.4) is 0 Å². The second-order valence-electron chi connectivity index (χ2n) is 5.14. The molecule has 0 aliphatic carbocycles. The van der Waals surface area contributed by atoms with Crippen molar-refractivity contribution in [3.05, 3.63) is 17.5 Å². The summed E-state index contributed by atoms with van der Waals surface area (Å²) in [7, 11) is 1.79. The fraction of sp³-hybridized carbons (Fsp3) is 0.643. The van der Waals surface area contributed by atoms with Crippen LogP contribution in [0.25, 0.3) is 0 Å². The number of nitrogens with zero attached hydrogens (tertiary/aromatic N) is 3. The van der Waals surface area contributed by atoms with Crippen LogP contribution < -0.4 is 0 Å². The number of aromatic nitrogens is 2. The molecule has 2 heterocycles. The molecule has 1 atom stereocenters. The van der Waals surface area contributed by atoms with Gasteiger partial charge in [0.2, 0.25) is 0 Å². The van der Waals surface area contributed by atoms with Crippen LogP contribution in [0.5, 0.6) is 0 Å². The van der Waals surface area contributed by atoms with Crippen LogP contribution in [0.4, 0.5) is 0 Å². The first kappa shape index (κ1) is 14.6. The average molecular weight is 279 g/mol. The molecule has 0 aromatic carbocycles. The molecule has 2 rings (SSSR count). The van der Waals surface area contributed by atoms with Crippen molar-refractivity contribution in [1.29, 1.82) is 0 Å². The second kappa shape index (κ2) is 6.07. The summed E-state index contributed by atoms with van der Waals surface area (Å²) in [4.78, 5) is 26.0. The van der Waals surface area contributed by atoms with E-state index in [1.165, 1.54) is 0 Å². The zero-order chi connectivity index (χ0) is 14.7. The summed E-state index contributed by atoms with van der Waals surface area (Å²) in [5, 5.41) is 4.19. The Morgan fingerprint density at radius 3 is 2.85 bits per heavy atom. The SMILES string of the molecule is CCOC(=O)C1CCCN(C(=O)c2cn(C)nc2C)C1. The van der Waals surface area contributed by atoms with Crippen LogP contribution in [0.15, 0.2) is 6.20 Å². The lowest BCUT2D eigenvalue weighted by Gasteiger charge is -2.31. The summed E-state index contributed by atoms with van der Waals surface area (Å²) < 4.78 is 6.68. The average Bonchev–Trinajstić information content (AvgIpc) is 2.77. The number of esters is 1. The molecule has 0 bridgehead atoms. The standard InChI is InChI=1S/C14H21N3O3/c1-4-20-14(19)11-6-5-7-17(8-11)13(18)12-9-16(3)15-10(12)2/h9,11H,4-8H2,1-3H3. The van der Waals surface area contributed by atoms with E-state index in [1.807, 2.05) is 6.92 Å². The number of rotatable bonds is 3.